The van der Waals surface area contributed by atoms with Crippen LogP contribution in [0.25, 0.3) is 67.9 Å². The summed E-state index contributed by atoms with van der Waals surface area (Å²) in [7, 11) is 0. The molecule has 0 atom stereocenters. The van der Waals surface area contributed by atoms with Crippen LogP contribution in [0.2, 0.25) is 0 Å². The normalized spacial score (nSPS) is 10.9. The Balaban J connectivity index is 1.29. The Morgan fingerprint density at radius 2 is 0.524 bits per heavy atom. The van der Waals surface area contributed by atoms with E-state index in [4.69, 9.17) is 15.0 Å². The Morgan fingerprint density at radius 1 is 0.262 bits per heavy atom. The molecule has 198 valence electrons. The van der Waals surface area contributed by atoms with Crippen molar-refractivity contribution < 1.29 is 0 Å². The maximum Gasteiger partial charge on any atom is 0.164 e. The molecular weight excluding hydrogens is 516 g/mol. The molecule has 0 bridgehead atoms. The van der Waals surface area contributed by atoms with Crippen LogP contribution in [-0.2, 0) is 0 Å². The molecule has 0 radical (unpaired) electrons. The molecule has 0 saturated heterocycles. The van der Waals surface area contributed by atoms with E-state index >= 15 is 0 Å². The topological polar surface area (TPSA) is 77.3 Å². The fourth-order valence-electron chi connectivity index (χ4n) is 4.73. The molecule has 6 nitrogen and oxygen atoms in total. The minimum Gasteiger partial charge on any atom is -0.256 e. The molecule has 0 N–H and O–H groups in total. The van der Waals surface area contributed by atoms with Crippen molar-refractivity contribution in [1.82, 2.24) is 29.9 Å². The molecule has 0 aliphatic rings. The highest BCUT2D eigenvalue weighted by Gasteiger charge is 2.13. The lowest BCUT2D eigenvalue weighted by atomic mass is 10.1. The van der Waals surface area contributed by atoms with E-state index in [-0.39, 0.29) is 0 Å². The van der Waals surface area contributed by atoms with Gasteiger partial charge in [-0.25, -0.2) is 15.0 Å². The second-order valence-corrected chi connectivity index (χ2v) is 9.68. The Hall–Kier alpha value is -5.88. The number of hydrogen-bond acceptors (Lipinski definition) is 6. The quantitative estimate of drug-likeness (QED) is 0.212. The minimum atomic E-state index is 0.602. The first-order valence-corrected chi connectivity index (χ1v) is 13.6. The third kappa shape index (κ3) is 5.29. The van der Waals surface area contributed by atoms with Crippen LogP contribution >= 0.6 is 0 Å². The number of benzene rings is 3. The zero-order valence-electron chi connectivity index (χ0n) is 22.5. The molecule has 4 heterocycles. The fraction of sp³-hybridized carbons (Fsp3) is 0. The Labute approximate surface area is 243 Å². The van der Waals surface area contributed by atoms with Gasteiger partial charge in [0.05, 0.1) is 17.1 Å². The highest BCUT2D eigenvalue weighted by atomic mass is 15.0. The predicted octanol–water partition coefficient (Wildman–Crippen LogP) is 8.06. The summed E-state index contributed by atoms with van der Waals surface area (Å²) in [5.41, 5.74) is 8.54. The molecule has 0 saturated carbocycles. The van der Waals surface area contributed by atoms with E-state index in [1.807, 2.05) is 127 Å². The van der Waals surface area contributed by atoms with Crippen molar-refractivity contribution in [2.24, 2.45) is 0 Å². The summed E-state index contributed by atoms with van der Waals surface area (Å²) in [6, 6.07) is 42.1. The molecule has 6 heteroatoms. The summed E-state index contributed by atoms with van der Waals surface area (Å²) in [6.45, 7) is 0. The first-order chi connectivity index (χ1) is 20.8. The second kappa shape index (κ2) is 11.3. The van der Waals surface area contributed by atoms with Crippen molar-refractivity contribution in [3.63, 3.8) is 0 Å². The van der Waals surface area contributed by atoms with Gasteiger partial charge in [0.2, 0.25) is 0 Å². The average molecular weight is 541 g/mol. The first kappa shape index (κ1) is 25.1. The number of rotatable bonds is 6. The van der Waals surface area contributed by atoms with Crippen LogP contribution in [0.1, 0.15) is 0 Å². The summed E-state index contributed by atoms with van der Waals surface area (Å²) >= 11 is 0. The van der Waals surface area contributed by atoms with Crippen LogP contribution in [0.3, 0.4) is 0 Å². The third-order valence-electron chi connectivity index (χ3n) is 6.95. The van der Waals surface area contributed by atoms with Gasteiger partial charge in [0.1, 0.15) is 0 Å². The van der Waals surface area contributed by atoms with Crippen molar-refractivity contribution in [3.8, 4) is 67.9 Å². The first-order valence-electron chi connectivity index (χ1n) is 13.6. The van der Waals surface area contributed by atoms with Gasteiger partial charge >= 0.3 is 0 Å². The van der Waals surface area contributed by atoms with Crippen LogP contribution in [0.5, 0.6) is 0 Å². The Morgan fingerprint density at radius 3 is 0.762 bits per heavy atom. The van der Waals surface area contributed by atoms with Gasteiger partial charge in [-0.3, -0.25) is 15.0 Å². The van der Waals surface area contributed by atoms with Crippen molar-refractivity contribution >= 4 is 0 Å². The highest BCUT2D eigenvalue weighted by Crippen LogP contribution is 2.29. The van der Waals surface area contributed by atoms with E-state index in [0.29, 0.717) is 17.5 Å². The predicted molar refractivity (Wildman–Crippen MR) is 166 cm³/mol. The maximum atomic E-state index is 4.91. The van der Waals surface area contributed by atoms with Crippen molar-refractivity contribution in [3.05, 3.63) is 146 Å². The van der Waals surface area contributed by atoms with E-state index in [2.05, 4.69) is 15.0 Å². The Bertz CT molecular complexity index is 1680. The molecule has 7 rings (SSSR count). The molecule has 7 aromatic rings. The molecule has 3 aromatic carbocycles. The smallest absolute Gasteiger partial charge is 0.164 e. The number of hydrogen-bond donors (Lipinski definition) is 0. The summed E-state index contributed by atoms with van der Waals surface area (Å²) in [5, 5.41) is 0. The van der Waals surface area contributed by atoms with E-state index < -0.39 is 0 Å². The van der Waals surface area contributed by atoms with Crippen LogP contribution in [0, 0.1) is 0 Å². The molecule has 0 aliphatic carbocycles. The number of nitrogens with zero attached hydrogens (tertiary/aromatic N) is 6. The van der Waals surface area contributed by atoms with E-state index in [1.165, 1.54) is 0 Å². The lowest BCUT2D eigenvalue weighted by Crippen LogP contribution is -2.00. The molecule has 0 fully saturated rings. The lowest BCUT2D eigenvalue weighted by Gasteiger charge is -2.10. The molecule has 42 heavy (non-hydrogen) atoms. The van der Waals surface area contributed by atoms with Crippen molar-refractivity contribution in [2.75, 3.05) is 0 Å². The monoisotopic (exact) mass is 540 g/mol. The summed E-state index contributed by atoms with van der Waals surface area (Å²) in [6.07, 6.45) is 5.39. The largest absolute Gasteiger partial charge is 0.256 e. The van der Waals surface area contributed by atoms with Gasteiger partial charge < -0.3 is 0 Å². The molecule has 0 aliphatic heterocycles. The molecule has 4 aromatic heterocycles. The lowest BCUT2D eigenvalue weighted by molar-refractivity contribution is 1.07. The summed E-state index contributed by atoms with van der Waals surface area (Å²) in [5.74, 6) is 1.81. The van der Waals surface area contributed by atoms with Gasteiger partial charge in [0.15, 0.2) is 17.5 Å². The summed E-state index contributed by atoms with van der Waals surface area (Å²) in [4.78, 5) is 28.1. The zero-order chi connectivity index (χ0) is 28.1. The molecule has 0 spiro atoms. The molecular formula is C36H24N6. The van der Waals surface area contributed by atoms with E-state index in [1.54, 1.807) is 18.6 Å². The minimum absolute atomic E-state index is 0.602. The van der Waals surface area contributed by atoms with Crippen molar-refractivity contribution in [1.29, 1.82) is 0 Å². The second-order valence-electron chi connectivity index (χ2n) is 9.68. The maximum absolute atomic E-state index is 4.91. The van der Waals surface area contributed by atoms with Crippen LogP contribution in [0.15, 0.2) is 146 Å². The molecule has 0 amide bonds. The van der Waals surface area contributed by atoms with Crippen molar-refractivity contribution in [2.45, 2.75) is 0 Å². The van der Waals surface area contributed by atoms with E-state index in [0.717, 1.165) is 50.5 Å². The van der Waals surface area contributed by atoms with Crippen LogP contribution < -0.4 is 0 Å². The van der Waals surface area contributed by atoms with E-state index in [9.17, 15) is 0 Å². The number of pyridine rings is 3. The molecule has 0 unspecified atom stereocenters. The number of aromatic nitrogens is 6. The van der Waals surface area contributed by atoms with Gasteiger partial charge in [-0.15, -0.1) is 0 Å². The van der Waals surface area contributed by atoms with Gasteiger partial charge in [-0.1, -0.05) is 91.0 Å². The van der Waals surface area contributed by atoms with Gasteiger partial charge in [0, 0.05) is 52.0 Å². The SMILES string of the molecule is c1ccc(-c2ccc(-c3nc(-c4ccc(-c5ccccn5)cc4)nc(-c4ccc(-c5ccccn5)cc4)n3)cc2)nc1. The summed E-state index contributed by atoms with van der Waals surface area (Å²) < 4.78 is 0. The average Bonchev–Trinajstić information content (AvgIpc) is 3.09. The van der Waals surface area contributed by atoms with Crippen LogP contribution in [-0.4, -0.2) is 29.9 Å². The fourth-order valence-corrected chi connectivity index (χ4v) is 4.73. The Kier molecular flexibility index (Phi) is 6.76. The standard InChI is InChI=1S/C36H24N6/c1-4-22-37-31(7-1)25-10-16-28(17-11-25)34-40-35(29-18-12-26(13-19-29)32-8-2-5-23-38-32)42-36(41-34)30-20-14-27(15-21-30)33-9-3-6-24-39-33/h1-24H. The van der Waals surface area contributed by atoms with Gasteiger partial charge in [0.25, 0.3) is 0 Å². The van der Waals surface area contributed by atoms with Gasteiger partial charge in [-0.2, -0.15) is 0 Å². The zero-order valence-corrected chi connectivity index (χ0v) is 22.5. The third-order valence-corrected chi connectivity index (χ3v) is 6.95. The highest BCUT2D eigenvalue weighted by molar-refractivity contribution is 5.72. The van der Waals surface area contributed by atoms with Crippen LogP contribution in [0.4, 0.5) is 0 Å². The van der Waals surface area contributed by atoms with Gasteiger partial charge in [-0.05, 0) is 36.4 Å².